The summed E-state index contributed by atoms with van der Waals surface area (Å²) >= 11 is 0. The van der Waals surface area contributed by atoms with E-state index < -0.39 is 0 Å². The molecule has 0 saturated carbocycles. The third-order valence-corrected chi connectivity index (χ3v) is 3.27. The SMILES string of the molecule is C=C/C(=C\N=C)n1cc(-c2cccc(-n3ccc(C)n3)n2)cn1. The molecule has 0 bridgehead atoms. The van der Waals surface area contributed by atoms with Gasteiger partial charge in [0.2, 0.25) is 0 Å². The molecule has 0 aliphatic carbocycles. The van der Waals surface area contributed by atoms with Crippen LogP contribution in [0.5, 0.6) is 0 Å². The van der Waals surface area contributed by atoms with Crippen LogP contribution in [0.25, 0.3) is 22.8 Å². The molecule has 3 heterocycles. The summed E-state index contributed by atoms with van der Waals surface area (Å²) in [6, 6.07) is 7.73. The van der Waals surface area contributed by atoms with Gasteiger partial charge in [-0.25, -0.2) is 14.3 Å². The number of aromatic nitrogens is 5. The molecule has 0 atom stereocenters. The molecule has 0 aliphatic rings. The lowest BCUT2D eigenvalue weighted by Gasteiger charge is -2.03. The molecule has 0 saturated heterocycles. The number of allylic oxidation sites excluding steroid dienone is 2. The summed E-state index contributed by atoms with van der Waals surface area (Å²) in [5.41, 5.74) is 3.40. The summed E-state index contributed by atoms with van der Waals surface area (Å²) in [4.78, 5) is 8.39. The van der Waals surface area contributed by atoms with Gasteiger partial charge in [-0.1, -0.05) is 12.6 Å². The van der Waals surface area contributed by atoms with Gasteiger partial charge in [-0.3, -0.25) is 4.99 Å². The van der Waals surface area contributed by atoms with Crippen LogP contribution < -0.4 is 0 Å². The van der Waals surface area contributed by atoms with Gasteiger partial charge in [0.15, 0.2) is 5.82 Å². The Kier molecular flexibility index (Phi) is 3.97. The standard InChI is InChI=1S/C17H16N6/c1-4-15(11-18-3)23-12-14(10-19-23)16-6-5-7-17(20-16)22-9-8-13(2)21-22/h4-12H,1,3H2,2H3/b15-11+. The van der Waals surface area contributed by atoms with Crippen LogP contribution in [-0.2, 0) is 0 Å². The number of hydrogen-bond acceptors (Lipinski definition) is 4. The number of pyridine rings is 1. The van der Waals surface area contributed by atoms with Crippen LogP contribution in [0, 0.1) is 6.92 Å². The predicted molar refractivity (Wildman–Crippen MR) is 91.3 cm³/mol. The molecule has 0 aliphatic heterocycles. The summed E-state index contributed by atoms with van der Waals surface area (Å²) in [5, 5.41) is 8.69. The van der Waals surface area contributed by atoms with Gasteiger partial charge in [-0.15, -0.1) is 0 Å². The third-order valence-electron chi connectivity index (χ3n) is 3.27. The molecule has 3 aromatic rings. The van der Waals surface area contributed by atoms with Crippen molar-refractivity contribution < 1.29 is 0 Å². The Morgan fingerprint density at radius 1 is 1.30 bits per heavy atom. The van der Waals surface area contributed by atoms with E-state index >= 15 is 0 Å². The molecule has 0 aromatic carbocycles. The van der Waals surface area contributed by atoms with E-state index in [1.807, 2.05) is 43.6 Å². The van der Waals surface area contributed by atoms with Crippen LogP contribution in [0.1, 0.15) is 5.69 Å². The summed E-state index contributed by atoms with van der Waals surface area (Å²) in [5.74, 6) is 0.760. The van der Waals surface area contributed by atoms with Crippen LogP contribution >= 0.6 is 0 Å². The molecule has 114 valence electrons. The minimum atomic E-state index is 0.741. The van der Waals surface area contributed by atoms with E-state index in [4.69, 9.17) is 0 Å². The summed E-state index contributed by atoms with van der Waals surface area (Å²) in [6.07, 6.45) is 8.78. The van der Waals surface area contributed by atoms with Crippen molar-refractivity contribution in [3.05, 3.63) is 67.4 Å². The van der Waals surface area contributed by atoms with Crippen LogP contribution in [-0.4, -0.2) is 31.3 Å². The van der Waals surface area contributed by atoms with Crippen molar-refractivity contribution in [1.29, 1.82) is 0 Å². The van der Waals surface area contributed by atoms with Crippen molar-refractivity contribution in [2.75, 3.05) is 0 Å². The maximum atomic E-state index is 4.64. The van der Waals surface area contributed by atoms with Crippen molar-refractivity contribution in [2.45, 2.75) is 6.92 Å². The van der Waals surface area contributed by atoms with Gasteiger partial charge in [0.1, 0.15) is 0 Å². The zero-order valence-electron chi connectivity index (χ0n) is 12.8. The second kappa shape index (κ2) is 6.23. The fraction of sp³-hybridized carbons (Fsp3) is 0.0588. The van der Waals surface area contributed by atoms with E-state index in [0.717, 1.165) is 28.5 Å². The lowest BCUT2D eigenvalue weighted by molar-refractivity contribution is 0.833. The maximum absolute atomic E-state index is 4.64. The topological polar surface area (TPSA) is 60.9 Å². The fourth-order valence-corrected chi connectivity index (χ4v) is 2.15. The fourth-order valence-electron chi connectivity index (χ4n) is 2.15. The zero-order valence-corrected chi connectivity index (χ0v) is 12.8. The molecule has 6 heteroatoms. The Bertz CT molecular complexity index is 884. The van der Waals surface area contributed by atoms with Crippen LogP contribution in [0.15, 0.2) is 66.7 Å². The van der Waals surface area contributed by atoms with Gasteiger partial charge < -0.3 is 0 Å². The van der Waals surface area contributed by atoms with E-state index in [0.29, 0.717) is 0 Å². The second-order valence-electron chi connectivity index (χ2n) is 4.90. The highest BCUT2D eigenvalue weighted by atomic mass is 15.3. The molecule has 0 spiro atoms. The Hall–Kier alpha value is -3.28. The molecule has 3 aromatic heterocycles. The highest BCUT2D eigenvalue weighted by Crippen LogP contribution is 2.19. The van der Waals surface area contributed by atoms with Crippen molar-refractivity contribution in [2.24, 2.45) is 4.99 Å². The average molecular weight is 304 g/mol. The normalized spacial score (nSPS) is 11.4. The van der Waals surface area contributed by atoms with Gasteiger partial charge >= 0.3 is 0 Å². The van der Waals surface area contributed by atoms with Gasteiger partial charge in [0, 0.05) is 18.0 Å². The van der Waals surface area contributed by atoms with Crippen molar-refractivity contribution in [1.82, 2.24) is 24.5 Å². The molecule has 0 N–H and O–H groups in total. The first-order chi connectivity index (χ1) is 11.2. The number of rotatable bonds is 5. The predicted octanol–water partition coefficient (Wildman–Crippen LogP) is 3.12. The van der Waals surface area contributed by atoms with E-state index in [-0.39, 0.29) is 0 Å². The largest absolute Gasteiger partial charge is 0.270 e. The molecule has 3 rings (SSSR count). The first kappa shape index (κ1) is 14.6. The van der Waals surface area contributed by atoms with Crippen molar-refractivity contribution >= 4 is 12.4 Å². The summed E-state index contributed by atoms with van der Waals surface area (Å²) in [6.45, 7) is 9.14. The monoisotopic (exact) mass is 304 g/mol. The number of hydrogen-bond donors (Lipinski definition) is 0. The second-order valence-corrected chi connectivity index (χ2v) is 4.90. The molecule has 0 unspecified atom stereocenters. The minimum Gasteiger partial charge on any atom is -0.270 e. The van der Waals surface area contributed by atoms with E-state index in [2.05, 4.69) is 33.5 Å². The van der Waals surface area contributed by atoms with E-state index in [1.165, 1.54) is 0 Å². The minimum absolute atomic E-state index is 0.741. The Morgan fingerprint density at radius 3 is 2.87 bits per heavy atom. The molecular formula is C17H16N6. The molecule has 0 amide bonds. The van der Waals surface area contributed by atoms with E-state index in [9.17, 15) is 0 Å². The summed E-state index contributed by atoms with van der Waals surface area (Å²) in [7, 11) is 0. The van der Waals surface area contributed by atoms with Crippen LogP contribution in [0.2, 0.25) is 0 Å². The van der Waals surface area contributed by atoms with Gasteiger partial charge in [-0.05, 0) is 37.9 Å². The van der Waals surface area contributed by atoms with Gasteiger partial charge in [-0.2, -0.15) is 10.2 Å². The average Bonchev–Trinajstić information content (AvgIpc) is 3.22. The number of nitrogens with zero attached hydrogens (tertiary/aromatic N) is 6. The Morgan fingerprint density at radius 2 is 2.17 bits per heavy atom. The summed E-state index contributed by atoms with van der Waals surface area (Å²) < 4.78 is 3.43. The highest BCUT2D eigenvalue weighted by Gasteiger charge is 2.07. The van der Waals surface area contributed by atoms with Gasteiger partial charge in [0.25, 0.3) is 0 Å². The Labute approximate surface area is 134 Å². The smallest absolute Gasteiger partial charge is 0.153 e. The van der Waals surface area contributed by atoms with Crippen molar-refractivity contribution in [3.8, 4) is 17.1 Å². The molecule has 23 heavy (non-hydrogen) atoms. The lowest BCUT2D eigenvalue weighted by atomic mass is 10.2. The number of aliphatic imine (C=N–C) groups is 1. The molecule has 0 radical (unpaired) electrons. The van der Waals surface area contributed by atoms with Crippen LogP contribution in [0.3, 0.4) is 0 Å². The first-order valence-electron chi connectivity index (χ1n) is 7.05. The highest BCUT2D eigenvalue weighted by molar-refractivity contribution is 5.62. The molecule has 6 nitrogen and oxygen atoms in total. The van der Waals surface area contributed by atoms with E-state index in [1.54, 1.807) is 27.8 Å². The number of aryl methyl sites for hydroxylation is 1. The molecule has 0 fully saturated rings. The quantitative estimate of drug-likeness (QED) is 0.537. The third kappa shape index (κ3) is 3.01. The van der Waals surface area contributed by atoms with Gasteiger partial charge in [0.05, 0.1) is 29.5 Å². The zero-order chi connectivity index (χ0) is 16.2. The van der Waals surface area contributed by atoms with Crippen LogP contribution in [0.4, 0.5) is 0 Å². The van der Waals surface area contributed by atoms with Crippen molar-refractivity contribution in [3.63, 3.8) is 0 Å². The first-order valence-corrected chi connectivity index (χ1v) is 7.05. The Balaban J connectivity index is 1.97. The molecular weight excluding hydrogens is 288 g/mol. The maximum Gasteiger partial charge on any atom is 0.153 e. The lowest BCUT2D eigenvalue weighted by Crippen LogP contribution is -1.99.